The Hall–Kier alpha value is -2.51. The number of amides is 2. The lowest BCUT2D eigenvalue weighted by Gasteiger charge is -2.27. The maximum Gasteiger partial charge on any atom is 0.324 e. The van der Waals surface area contributed by atoms with Crippen molar-refractivity contribution in [3.8, 4) is 0 Å². The Labute approximate surface area is 177 Å². The number of benzene rings is 2. The number of halogens is 1. The molecule has 2 saturated heterocycles. The van der Waals surface area contributed by atoms with Crippen LogP contribution in [0.4, 0.5) is 5.69 Å². The van der Waals surface area contributed by atoms with Crippen molar-refractivity contribution in [3.63, 3.8) is 0 Å². The number of nitrogens with zero attached hydrogens (tertiary/aromatic N) is 1. The van der Waals surface area contributed by atoms with Gasteiger partial charge in [0, 0.05) is 10.5 Å². The molecule has 29 heavy (non-hydrogen) atoms. The van der Waals surface area contributed by atoms with E-state index in [4.69, 9.17) is 0 Å². The number of nitrogens with one attached hydrogen (secondary N) is 1. The molecule has 2 aromatic carbocycles. The van der Waals surface area contributed by atoms with E-state index in [1.54, 1.807) is 24.3 Å². The molecular formula is C22H21BrN2O4. The highest BCUT2D eigenvalue weighted by Gasteiger charge is 2.67. The second kappa shape index (κ2) is 6.78. The molecule has 4 unspecified atom stereocenters. The van der Waals surface area contributed by atoms with Crippen LogP contribution in [-0.4, -0.2) is 28.4 Å². The molecular weight excluding hydrogens is 436 g/mol. The highest BCUT2D eigenvalue weighted by Crippen LogP contribution is 2.50. The Morgan fingerprint density at radius 3 is 2.38 bits per heavy atom. The molecule has 2 heterocycles. The summed E-state index contributed by atoms with van der Waals surface area (Å²) in [7, 11) is 0. The minimum atomic E-state index is -1.54. The summed E-state index contributed by atoms with van der Waals surface area (Å²) >= 11 is 3.35. The molecule has 0 aliphatic carbocycles. The molecule has 0 radical (unpaired) electrons. The molecule has 2 aromatic rings. The van der Waals surface area contributed by atoms with Crippen LogP contribution in [0.2, 0.25) is 0 Å². The van der Waals surface area contributed by atoms with E-state index in [9.17, 15) is 19.5 Å². The summed E-state index contributed by atoms with van der Waals surface area (Å²) < 4.78 is 0.825. The SMILES string of the molecule is Cc1ccc(C)c(C2NC(C)(C(=O)O)C3C(=O)N(c4ccc(Br)cc4)C(=O)C23)c1. The highest BCUT2D eigenvalue weighted by atomic mass is 79.9. The molecule has 2 aliphatic rings. The number of aryl methyl sites for hydroxylation is 2. The third kappa shape index (κ3) is 2.91. The molecule has 2 fully saturated rings. The van der Waals surface area contributed by atoms with Gasteiger partial charge in [0.15, 0.2) is 0 Å². The summed E-state index contributed by atoms with van der Waals surface area (Å²) in [6.07, 6.45) is 0. The van der Waals surface area contributed by atoms with Crippen molar-refractivity contribution in [2.24, 2.45) is 11.8 Å². The Morgan fingerprint density at radius 1 is 1.10 bits per heavy atom. The molecule has 0 spiro atoms. The average Bonchev–Trinajstić information content (AvgIpc) is 3.13. The number of carbonyl (C=O) groups excluding carboxylic acids is 2. The zero-order chi connectivity index (χ0) is 21.1. The lowest BCUT2D eigenvalue weighted by Crippen LogP contribution is -2.53. The molecule has 4 rings (SSSR count). The van der Waals surface area contributed by atoms with Crippen molar-refractivity contribution >= 4 is 39.4 Å². The maximum atomic E-state index is 13.4. The summed E-state index contributed by atoms with van der Waals surface area (Å²) in [6, 6.07) is 12.2. The third-order valence-electron chi connectivity index (χ3n) is 6.09. The number of anilines is 1. The molecule has 0 bridgehead atoms. The highest BCUT2D eigenvalue weighted by molar-refractivity contribution is 9.10. The van der Waals surface area contributed by atoms with Crippen LogP contribution in [0.1, 0.15) is 29.7 Å². The van der Waals surface area contributed by atoms with Gasteiger partial charge in [-0.25, -0.2) is 4.90 Å². The zero-order valence-corrected chi connectivity index (χ0v) is 17.9. The first-order valence-electron chi connectivity index (χ1n) is 9.37. The predicted octanol–water partition coefficient (Wildman–Crippen LogP) is 3.36. The summed E-state index contributed by atoms with van der Waals surface area (Å²) in [5, 5.41) is 13.1. The van der Waals surface area contributed by atoms with E-state index in [2.05, 4.69) is 21.2 Å². The first-order chi connectivity index (χ1) is 13.6. The summed E-state index contributed by atoms with van der Waals surface area (Å²) in [5.41, 5.74) is 1.72. The van der Waals surface area contributed by atoms with E-state index in [1.165, 1.54) is 6.92 Å². The minimum absolute atomic E-state index is 0.370. The molecule has 4 atom stereocenters. The van der Waals surface area contributed by atoms with Crippen LogP contribution < -0.4 is 10.2 Å². The second-order valence-corrected chi connectivity index (χ2v) is 8.90. The number of fused-ring (bicyclic) bond motifs is 1. The molecule has 7 heteroatoms. The molecule has 0 saturated carbocycles. The van der Waals surface area contributed by atoms with Crippen molar-refractivity contribution < 1.29 is 19.5 Å². The molecule has 6 nitrogen and oxygen atoms in total. The van der Waals surface area contributed by atoms with Crippen molar-refractivity contribution in [3.05, 3.63) is 63.6 Å². The first kappa shape index (κ1) is 19.8. The van der Waals surface area contributed by atoms with Crippen LogP contribution in [0.25, 0.3) is 0 Å². The van der Waals surface area contributed by atoms with E-state index in [-0.39, 0.29) is 5.91 Å². The van der Waals surface area contributed by atoms with E-state index in [0.29, 0.717) is 5.69 Å². The summed E-state index contributed by atoms with van der Waals surface area (Å²) in [4.78, 5) is 40.1. The van der Waals surface area contributed by atoms with Crippen LogP contribution >= 0.6 is 15.9 Å². The van der Waals surface area contributed by atoms with Crippen LogP contribution in [0.3, 0.4) is 0 Å². The lowest BCUT2D eigenvalue weighted by molar-refractivity contribution is -0.147. The maximum absolute atomic E-state index is 13.4. The van der Waals surface area contributed by atoms with Crippen molar-refractivity contribution in [1.29, 1.82) is 0 Å². The van der Waals surface area contributed by atoms with Gasteiger partial charge in [-0.15, -0.1) is 0 Å². The van der Waals surface area contributed by atoms with Gasteiger partial charge >= 0.3 is 5.97 Å². The van der Waals surface area contributed by atoms with Gasteiger partial charge in [0.05, 0.1) is 17.5 Å². The number of carboxylic acids is 1. The number of hydrogen-bond acceptors (Lipinski definition) is 4. The van der Waals surface area contributed by atoms with Crippen LogP contribution in [-0.2, 0) is 14.4 Å². The molecule has 2 aliphatic heterocycles. The second-order valence-electron chi connectivity index (χ2n) is 7.98. The van der Waals surface area contributed by atoms with Crippen molar-refractivity contribution in [2.45, 2.75) is 32.4 Å². The number of carbonyl (C=O) groups is 3. The summed E-state index contributed by atoms with van der Waals surface area (Å²) in [6.45, 7) is 5.37. The number of carboxylic acid groups (broad SMARTS) is 1. The first-order valence-corrected chi connectivity index (χ1v) is 10.2. The van der Waals surface area contributed by atoms with Gasteiger partial charge < -0.3 is 5.11 Å². The predicted molar refractivity (Wildman–Crippen MR) is 111 cm³/mol. The van der Waals surface area contributed by atoms with E-state index < -0.39 is 35.3 Å². The van der Waals surface area contributed by atoms with E-state index in [0.717, 1.165) is 26.1 Å². The molecule has 2 amide bonds. The van der Waals surface area contributed by atoms with Gasteiger partial charge in [-0.05, 0) is 56.2 Å². The quantitative estimate of drug-likeness (QED) is 0.691. The fraction of sp³-hybridized carbons (Fsp3) is 0.318. The Balaban J connectivity index is 1.85. The third-order valence-corrected chi connectivity index (χ3v) is 6.62. The molecule has 2 N–H and O–H groups in total. The largest absolute Gasteiger partial charge is 0.480 e. The van der Waals surface area contributed by atoms with Gasteiger partial charge in [0.25, 0.3) is 0 Å². The fourth-order valence-electron chi connectivity index (χ4n) is 4.54. The molecule has 150 valence electrons. The Kier molecular flexibility index (Phi) is 4.63. The average molecular weight is 457 g/mol. The van der Waals surface area contributed by atoms with Gasteiger partial charge in [0.2, 0.25) is 11.8 Å². The number of imide groups is 1. The number of aliphatic carboxylic acids is 1. The van der Waals surface area contributed by atoms with Gasteiger partial charge in [0.1, 0.15) is 5.54 Å². The fourth-order valence-corrected chi connectivity index (χ4v) is 4.81. The normalized spacial score (nSPS) is 28.7. The topological polar surface area (TPSA) is 86.7 Å². The van der Waals surface area contributed by atoms with Crippen LogP contribution in [0.15, 0.2) is 46.9 Å². The van der Waals surface area contributed by atoms with Crippen LogP contribution in [0.5, 0.6) is 0 Å². The van der Waals surface area contributed by atoms with Crippen LogP contribution in [0, 0.1) is 25.7 Å². The van der Waals surface area contributed by atoms with E-state index in [1.807, 2.05) is 32.0 Å². The smallest absolute Gasteiger partial charge is 0.324 e. The Bertz CT molecular complexity index is 1040. The standard InChI is InChI=1S/C22H21BrN2O4/c1-11-4-5-12(2)15(10-11)18-16-17(22(3,24-18)21(28)29)20(27)25(19(16)26)14-8-6-13(23)7-9-14/h4-10,16-18,24H,1-3H3,(H,28,29). The number of rotatable bonds is 3. The Morgan fingerprint density at radius 2 is 1.76 bits per heavy atom. The van der Waals surface area contributed by atoms with Gasteiger partial charge in [-0.1, -0.05) is 39.7 Å². The zero-order valence-electron chi connectivity index (χ0n) is 16.3. The lowest BCUT2D eigenvalue weighted by atomic mass is 9.80. The van der Waals surface area contributed by atoms with Crippen molar-refractivity contribution in [2.75, 3.05) is 4.90 Å². The minimum Gasteiger partial charge on any atom is -0.480 e. The molecule has 0 aromatic heterocycles. The van der Waals surface area contributed by atoms with E-state index >= 15 is 0 Å². The van der Waals surface area contributed by atoms with Gasteiger partial charge in [-0.2, -0.15) is 0 Å². The summed E-state index contributed by atoms with van der Waals surface area (Å²) in [5.74, 6) is -3.76. The number of hydrogen-bond donors (Lipinski definition) is 2. The monoisotopic (exact) mass is 456 g/mol. The van der Waals surface area contributed by atoms with Crippen molar-refractivity contribution in [1.82, 2.24) is 5.32 Å². The van der Waals surface area contributed by atoms with Gasteiger partial charge in [-0.3, -0.25) is 19.7 Å².